The van der Waals surface area contributed by atoms with Crippen LogP contribution in [0.2, 0.25) is 0 Å². The molecule has 0 radical (unpaired) electrons. The maximum Gasteiger partial charge on any atom is 0.320 e. The second kappa shape index (κ2) is 9.13. The molecule has 1 aliphatic carbocycles. The number of carbonyl (C=O) groups is 4. The van der Waals surface area contributed by atoms with Gasteiger partial charge in [-0.3, -0.25) is 19.2 Å². The molecule has 3 fully saturated rings. The van der Waals surface area contributed by atoms with Crippen LogP contribution in [-0.2, 0) is 38.1 Å². The fourth-order valence-corrected chi connectivity index (χ4v) is 4.16. The highest BCUT2D eigenvalue weighted by Crippen LogP contribution is 2.38. The van der Waals surface area contributed by atoms with E-state index in [1.54, 1.807) is 6.92 Å². The van der Waals surface area contributed by atoms with Gasteiger partial charge in [-0.05, 0) is 12.8 Å². The van der Waals surface area contributed by atoms with Gasteiger partial charge >= 0.3 is 23.9 Å². The van der Waals surface area contributed by atoms with Crippen molar-refractivity contribution in [2.75, 3.05) is 0 Å². The molecule has 0 N–H and O–H groups in total. The molecule has 1 saturated carbocycles. The number of ether oxygens (including phenoxy) is 4. The summed E-state index contributed by atoms with van der Waals surface area (Å²) < 4.78 is 20.8. The normalized spacial score (nSPS) is 24.1. The molecule has 2 saturated heterocycles. The molecule has 3 rings (SSSR count). The van der Waals surface area contributed by atoms with Crippen LogP contribution in [0.5, 0.6) is 0 Å². The van der Waals surface area contributed by atoms with Crippen LogP contribution in [0.4, 0.5) is 0 Å². The van der Waals surface area contributed by atoms with E-state index in [1.807, 2.05) is 27.7 Å². The molecule has 29 heavy (non-hydrogen) atoms. The van der Waals surface area contributed by atoms with E-state index in [0.717, 1.165) is 25.7 Å². The zero-order valence-corrected chi connectivity index (χ0v) is 17.9. The number of cyclic esters (lactones) is 4. The van der Waals surface area contributed by atoms with E-state index in [2.05, 4.69) is 0 Å². The predicted octanol–water partition coefficient (Wildman–Crippen LogP) is 3.26. The van der Waals surface area contributed by atoms with Crippen LogP contribution in [0.1, 0.15) is 79.6 Å². The molecule has 0 spiro atoms. The molecular weight excluding hydrogens is 380 g/mol. The zero-order valence-electron chi connectivity index (χ0n) is 17.9. The van der Waals surface area contributed by atoms with Gasteiger partial charge in [-0.1, -0.05) is 47.0 Å². The van der Waals surface area contributed by atoms with Gasteiger partial charge in [0, 0.05) is 24.7 Å². The summed E-state index contributed by atoms with van der Waals surface area (Å²) in [6, 6.07) is 0. The maximum atomic E-state index is 11.2. The first kappa shape index (κ1) is 23.2. The van der Waals surface area contributed by atoms with Crippen molar-refractivity contribution in [2.45, 2.75) is 91.1 Å². The lowest BCUT2D eigenvalue weighted by atomic mass is 9.83. The van der Waals surface area contributed by atoms with Crippen molar-refractivity contribution in [1.82, 2.24) is 0 Å². The molecule has 0 atom stereocenters. The minimum absolute atomic E-state index is 0.0456. The van der Waals surface area contributed by atoms with Crippen molar-refractivity contribution in [3.8, 4) is 0 Å². The van der Waals surface area contributed by atoms with Crippen molar-refractivity contribution < 1.29 is 38.1 Å². The Balaban J connectivity index is 0.000000208. The minimum Gasteiger partial charge on any atom is -0.422 e. The molecule has 2 heterocycles. The molecule has 0 aromatic rings. The SMILES string of the molecule is CC(C)C1(C(C)C)OC(=O)CC(=O)O1.CC1(C2CCCCC2)OC(=O)CC(=O)O1. The van der Waals surface area contributed by atoms with Gasteiger partial charge in [0.2, 0.25) is 0 Å². The largest absolute Gasteiger partial charge is 0.422 e. The van der Waals surface area contributed by atoms with Crippen molar-refractivity contribution >= 4 is 23.9 Å². The van der Waals surface area contributed by atoms with E-state index in [9.17, 15) is 19.2 Å². The molecule has 0 aromatic heterocycles. The average molecular weight is 412 g/mol. The summed E-state index contributed by atoms with van der Waals surface area (Å²) in [4.78, 5) is 44.8. The third-order valence-corrected chi connectivity index (χ3v) is 5.71. The lowest BCUT2D eigenvalue weighted by Gasteiger charge is -2.41. The molecule has 8 heteroatoms. The van der Waals surface area contributed by atoms with E-state index < -0.39 is 35.5 Å². The van der Waals surface area contributed by atoms with E-state index in [4.69, 9.17) is 18.9 Å². The molecule has 0 unspecified atom stereocenters. The summed E-state index contributed by atoms with van der Waals surface area (Å²) >= 11 is 0. The summed E-state index contributed by atoms with van der Waals surface area (Å²) in [6.07, 6.45) is 4.87. The van der Waals surface area contributed by atoms with Crippen LogP contribution in [-0.4, -0.2) is 35.5 Å². The molecule has 0 aromatic carbocycles. The molecule has 2 aliphatic heterocycles. The summed E-state index contributed by atoms with van der Waals surface area (Å²) in [5.74, 6) is -3.92. The van der Waals surface area contributed by atoms with Crippen molar-refractivity contribution in [2.24, 2.45) is 17.8 Å². The minimum atomic E-state index is -1.08. The first-order chi connectivity index (χ1) is 13.5. The van der Waals surface area contributed by atoms with Crippen LogP contribution in [0.25, 0.3) is 0 Å². The summed E-state index contributed by atoms with van der Waals surface area (Å²) in [5, 5.41) is 0. The predicted molar refractivity (Wildman–Crippen MR) is 101 cm³/mol. The summed E-state index contributed by atoms with van der Waals surface area (Å²) in [7, 11) is 0. The monoisotopic (exact) mass is 412 g/mol. The fraction of sp³-hybridized carbons (Fsp3) is 0.810. The zero-order chi connectivity index (χ0) is 21.8. The first-order valence-electron chi connectivity index (χ1n) is 10.4. The average Bonchev–Trinajstić information content (AvgIpc) is 2.60. The Hall–Kier alpha value is -2.12. The molecule has 164 valence electrons. The lowest BCUT2D eigenvalue weighted by molar-refractivity contribution is -0.275. The fourth-order valence-electron chi connectivity index (χ4n) is 4.16. The highest BCUT2D eigenvalue weighted by Gasteiger charge is 2.48. The second-order valence-corrected chi connectivity index (χ2v) is 8.63. The third-order valence-electron chi connectivity index (χ3n) is 5.71. The van der Waals surface area contributed by atoms with Crippen LogP contribution >= 0.6 is 0 Å². The van der Waals surface area contributed by atoms with Crippen molar-refractivity contribution in [1.29, 1.82) is 0 Å². The number of esters is 4. The van der Waals surface area contributed by atoms with Gasteiger partial charge in [0.05, 0.1) is 0 Å². The molecular formula is C21H32O8. The lowest BCUT2D eigenvalue weighted by Crippen LogP contribution is -2.52. The Bertz CT molecular complexity index is 603. The molecule has 3 aliphatic rings. The van der Waals surface area contributed by atoms with E-state index >= 15 is 0 Å². The maximum absolute atomic E-state index is 11.2. The van der Waals surface area contributed by atoms with Crippen molar-refractivity contribution in [3.05, 3.63) is 0 Å². The Kier molecular flexibility index (Phi) is 7.30. The van der Waals surface area contributed by atoms with Gasteiger partial charge in [-0.25, -0.2) is 0 Å². The Morgan fingerprint density at radius 3 is 1.45 bits per heavy atom. The van der Waals surface area contributed by atoms with Gasteiger partial charge in [-0.2, -0.15) is 0 Å². The summed E-state index contributed by atoms with van der Waals surface area (Å²) in [5.41, 5.74) is 0. The highest BCUT2D eigenvalue weighted by molar-refractivity contribution is 5.93. The van der Waals surface area contributed by atoms with Crippen molar-refractivity contribution in [3.63, 3.8) is 0 Å². The first-order valence-corrected chi connectivity index (χ1v) is 10.4. The Morgan fingerprint density at radius 2 is 1.07 bits per heavy atom. The molecule has 0 amide bonds. The smallest absolute Gasteiger partial charge is 0.320 e. The van der Waals surface area contributed by atoms with Gasteiger partial charge in [-0.15, -0.1) is 0 Å². The van der Waals surface area contributed by atoms with Crippen LogP contribution in [0, 0.1) is 17.8 Å². The number of carbonyl (C=O) groups excluding carboxylic acids is 4. The highest BCUT2D eigenvalue weighted by atomic mass is 16.8. The molecule has 8 nitrogen and oxygen atoms in total. The van der Waals surface area contributed by atoms with Gasteiger partial charge in [0.25, 0.3) is 11.6 Å². The van der Waals surface area contributed by atoms with E-state index in [1.165, 1.54) is 6.42 Å². The number of rotatable bonds is 3. The molecule has 0 bridgehead atoms. The van der Waals surface area contributed by atoms with Gasteiger partial charge in [0.1, 0.15) is 12.8 Å². The van der Waals surface area contributed by atoms with Crippen LogP contribution < -0.4 is 0 Å². The standard InChI is InChI=1S/C11H16O4.C10H16O4/c1-11(8-5-3-2-4-6-8)14-9(12)7-10(13)15-11;1-6(2)10(7(3)4)13-8(11)5-9(12)14-10/h8H,2-7H2,1H3;6-7H,5H2,1-4H3. The Morgan fingerprint density at radius 1 is 0.690 bits per heavy atom. The number of hydrogen-bond donors (Lipinski definition) is 0. The van der Waals surface area contributed by atoms with Crippen LogP contribution in [0.15, 0.2) is 0 Å². The second-order valence-electron chi connectivity index (χ2n) is 8.63. The van der Waals surface area contributed by atoms with Gasteiger partial charge < -0.3 is 18.9 Å². The van der Waals surface area contributed by atoms with E-state index in [0.29, 0.717) is 0 Å². The summed E-state index contributed by atoms with van der Waals surface area (Å²) in [6.45, 7) is 9.17. The Labute approximate surface area is 171 Å². The third kappa shape index (κ3) is 5.48. The van der Waals surface area contributed by atoms with E-state index in [-0.39, 0.29) is 30.6 Å². The van der Waals surface area contributed by atoms with Crippen LogP contribution in [0.3, 0.4) is 0 Å². The van der Waals surface area contributed by atoms with Gasteiger partial charge in [0.15, 0.2) is 0 Å². The quantitative estimate of drug-likeness (QED) is 0.514. The number of hydrogen-bond acceptors (Lipinski definition) is 8. The topological polar surface area (TPSA) is 105 Å².